The molecule has 1 atom stereocenters. The molecule has 1 heterocycles. The van der Waals surface area contributed by atoms with Crippen LogP contribution in [0.2, 0.25) is 0 Å². The predicted octanol–water partition coefficient (Wildman–Crippen LogP) is 2.32. The summed E-state index contributed by atoms with van der Waals surface area (Å²) in [7, 11) is 0. The first-order valence-electron chi connectivity index (χ1n) is 5.52. The van der Waals surface area contributed by atoms with Crippen molar-refractivity contribution in [3.8, 4) is 0 Å². The predicted molar refractivity (Wildman–Crippen MR) is 68.2 cm³/mol. The van der Waals surface area contributed by atoms with Gasteiger partial charge >= 0.3 is 0 Å². The third-order valence-corrected chi connectivity index (χ3v) is 3.71. The number of nitrogens with zero attached hydrogens (tertiary/aromatic N) is 2. The van der Waals surface area contributed by atoms with Crippen LogP contribution in [0.3, 0.4) is 0 Å². The zero-order chi connectivity index (χ0) is 13.3. The molecule has 1 aromatic rings. The van der Waals surface area contributed by atoms with Crippen LogP contribution in [0, 0.1) is 21.8 Å². The number of anilines is 1. The van der Waals surface area contributed by atoms with Gasteiger partial charge < -0.3 is 10.0 Å². The van der Waals surface area contributed by atoms with Crippen molar-refractivity contribution >= 4 is 27.3 Å². The molecule has 0 spiro atoms. The number of benzene rings is 1. The van der Waals surface area contributed by atoms with E-state index in [1.807, 2.05) is 0 Å². The second kappa shape index (κ2) is 5.19. The van der Waals surface area contributed by atoms with Gasteiger partial charge in [0.25, 0.3) is 5.69 Å². The molecule has 1 N–H and O–H groups in total. The maximum atomic E-state index is 13.5. The van der Waals surface area contributed by atoms with E-state index in [4.69, 9.17) is 5.11 Å². The standard InChI is InChI=1S/C11H12BrFN2O3/c12-8-3-11(15(17)18)10(4-9(8)13)14-2-1-7(5-14)6-16/h3-4,7,16H,1-2,5-6H2. The van der Waals surface area contributed by atoms with Crippen molar-refractivity contribution in [1.82, 2.24) is 0 Å². The lowest BCUT2D eigenvalue weighted by molar-refractivity contribution is -0.384. The van der Waals surface area contributed by atoms with E-state index in [2.05, 4.69) is 15.9 Å². The minimum absolute atomic E-state index is 0.0449. The number of halogens is 2. The molecule has 5 nitrogen and oxygen atoms in total. The molecule has 0 bridgehead atoms. The molecular formula is C11H12BrFN2O3. The lowest BCUT2D eigenvalue weighted by Crippen LogP contribution is -2.21. The largest absolute Gasteiger partial charge is 0.396 e. The second-order valence-corrected chi connectivity index (χ2v) is 5.15. The third-order valence-electron chi connectivity index (χ3n) is 3.10. The van der Waals surface area contributed by atoms with Gasteiger partial charge in [0.1, 0.15) is 11.5 Å². The zero-order valence-corrected chi connectivity index (χ0v) is 11.1. The molecule has 18 heavy (non-hydrogen) atoms. The van der Waals surface area contributed by atoms with Crippen LogP contribution < -0.4 is 4.90 Å². The van der Waals surface area contributed by atoms with Gasteiger partial charge in [-0.3, -0.25) is 10.1 Å². The first-order valence-corrected chi connectivity index (χ1v) is 6.31. The highest BCUT2D eigenvalue weighted by atomic mass is 79.9. The van der Waals surface area contributed by atoms with Crippen LogP contribution in [0.15, 0.2) is 16.6 Å². The fraction of sp³-hybridized carbons (Fsp3) is 0.455. The summed E-state index contributed by atoms with van der Waals surface area (Å²) in [5.74, 6) is -0.431. The van der Waals surface area contributed by atoms with Crippen molar-refractivity contribution in [3.05, 3.63) is 32.5 Å². The lowest BCUT2D eigenvalue weighted by atomic mass is 10.1. The Hall–Kier alpha value is -1.21. The number of hydrogen-bond acceptors (Lipinski definition) is 4. The van der Waals surface area contributed by atoms with E-state index in [-0.39, 0.29) is 28.4 Å². The molecule has 1 aromatic carbocycles. The average molecular weight is 319 g/mol. The van der Waals surface area contributed by atoms with Crippen LogP contribution >= 0.6 is 15.9 Å². The van der Waals surface area contributed by atoms with Crippen LogP contribution in [0.5, 0.6) is 0 Å². The van der Waals surface area contributed by atoms with Crippen molar-refractivity contribution in [1.29, 1.82) is 0 Å². The minimum atomic E-state index is -0.525. The zero-order valence-electron chi connectivity index (χ0n) is 9.47. The van der Waals surface area contributed by atoms with Crippen LogP contribution in [-0.4, -0.2) is 29.7 Å². The maximum Gasteiger partial charge on any atom is 0.293 e. The van der Waals surface area contributed by atoms with E-state index in [0.29, 0.717) is 13.1 Å². The number of nitro benzene ring substituents is 1. The highest BCUT2D eigenvalue weighted by Crippen LogP contribution is 2.35. The Morgan fingerprint density at radius 3 is 2.89 bits per heavy atom. The average Bonchev–Trinajstić information content (AvgIpc) is 2.80. The van der Waals surface area contributed by atoms with Crippen molar-refractivity contribution < 1.29 is 14.4 Å². The second-order valence-electron chi connectivity index (χ2n) is 4.30. The minimum Gasteiger partial charge on any atom is -0.396 e. The Balaban J connectivity index is 2.37. The van der Waals surface area contributed by atoms with Crippen molar-refractivity contribution in [3.63, 3.8) is 0 Å². The van der Waals surface area contributed by atoms with E-state index in [1.54, 1.807) is 4.90 Å². The monoisotopic (exact) mass is 318 g/mol. The first kappa shape index (κ1) is 13.2. The fourth-order valence-electron chi connectivity index (χ4n) is 2.13. The van der Waals surface area contributed by atoms with Crippen LogP contribution in [0.25, 0.3) is 0 Å². The smallest absolute Gasteiger partial charge is 0.293 e. The number of hydrogen-bond donors (Lipinski definition) is 1. The molecule has 1 aliphatic heterocycles. The van der Waals surface area contributed by atoms with Crippen LogP contribution in [0.1, 0.15) is 6.42 Å². The maximum absolute atomic E-state index is 13.5. The van der Waals surface area contributed by atoms with Crippen LogP contribution in [0.4, 0.5) is 15.8 Å². The highest BCUT2D eigenvalue weighted by molar-refractivity contribution is 9.10. The van der Waals surface area contributed by atoms with Crippen molar-refractivity contribution in [2.75, 3.05) is 24.6 Å². The topological polar surface area (TPSA) is 66.6 Å². The van der Waals surface area contributed by atoms with Gasteiger partial charge in [0.15, 0.2) is 0 Å². The molecule has 0 aromatic heterocycles. The van der Waals surface area contributed by atoms with Crippen molar-refractivity contribution in [2.24, 2.45) is 5.92 Å². The first-order chi connectivity index (χ1) is 8.52. The highest BCUT2D eigenvalue weighted by Gasteiger charge is 2.28. The molecule has 1 unspecified atom stereocenters. The normalized spacial score (nSPS) is 19.3. The summed E-state index contributed by atoms with van der Waals surface area (Å²) in [5.41, 5.74) is 0.151. The van der Waals surface area contributed by atoms with Gasteiger partial charge in [-0.25, -0.2) is 4.39 Å². The fourth-order valence-corrected chi connectivity index (χ4v) is 2.46. The van der Waals surface area contributed by atoms with E-state index in [0.717, 1.165) is 6.42 Å². The van der Waals surface area contributed by atoms with Gasteiger partial charge in [-0.15, -0.1) is 0 Å². The van der Waals surface area contributed by atoms with Crippen LogP contribution in [-0.2, 0) is 0 Å². The third kappa shape index (κ3) is 2.46. The molecule has 7 heteroatoms. The summed E-state index contributed by atoms with van der Waals surface area (Å²) in [5, 5.41) is 20.0. The number of aliphatic hydroxyl groups is 1. The summed E-state index contributed by atoms with van der Waals surface area (Å²) in [6.07, 6.45) is 0.755. The number of aliphatic hydroxyl groups excluding tert-OH is 1. The molecule has 2 rings (SSSR count). The summed E-state index contributed by atoms with van der Waals surface area (Å²) >= 11 is 2.94. The van der Waals surface area contributed by atoms with Gasteiger partial charge in [-0.1, -0.05) is 0 Å². The quantitative estimate of drug-likeness (QED) is 0.686. The molecule has 0 saturated carbocycles. The number of rotatable bonds is 3. The van der Waals surface area contributed by atoms with E-state index < -0.39 is 10.7 Å². The summed E-state index contributed by atoms with van der Waals surface area (Å²) in [6, 6.07) is 2.35. The Bertz CT molecular complexity index is 484. The summed E-state index contributed by atoms with van der Waals surface area (Å²) in [6.45, 7) is 1.15. The van der Waals surface area contributed by atoms with E-state index in [9.17, 15) is 14.5 Å². The van der Waals surface area contributed by atoms with Gasteiger partial charge in [0.2, 0.25) is 0 Å². The molecule has 1 saturated heterocycles. The Morgan fingerprint density at radius 2 is 2.33 bits per heavy atom. The van der Waals surface area contributed by atoms with E-state index >= 15 is 0 Å². The number of nitro groups is 1. The summed E-state index contributed by atoms with van der Waals surface area (Å²) in [4.78, 5) is 12.2. The lowest BCUT2D eigenvalue weighted by Gasteiger charge is -2.18. The summed E-state index contributed by atoms with van der Waals surface area (Å²) < 4.78 is 13.6. The van der Waals surface area contributed by atoms with Crippen molar-refractivity contribution in [2.45, 2.75) is 6.42 Å². The molecule has 1 fully saturated rings. The molecular weight excluding hydrogens is 307 g/mol. The van der Waals surface area contributed by atoms with Gasteiger partial charge in [-0.05, 0) is 22.4 Å². The van der Waals surface area contributed by atoms with Gasteiger partial charge in [-0.2, -0.15) is 0 Å². The molecule has 98 valence electrons. The molecule has 0 amide bonds. The van der Waals surface area contributed by atoms with Gasteiger partial charge in [0, 0.05) is 37.7 Å². The van der Waals surface area contributed by atoms with E-state index in [1.165, 1.54) is 12.1 Å². The Morgan fingerprint density at radius 1 is 1.61 bits per heavy atom. The molecule has 0 radical (unpaired) electrons. The Labute approximate surface area is 111 Å². The SMILES string of the molecule is O=[N+]([O-])c1cc(Br)c(F)cc1N1CCC(CO)C1. The molecule has 1 aliphatic rings. The Kier molecular flexibility index (Phi) is 3.82. The van der Waals surface area contributed by atoms with Gasteiger partial charge in [0.05, 0.1) is 9.40 Å². The molecule has 0 aliphatic carbocycles.